The number of halogens is 4. The van der Waals surface area contributed by atoms with Gasteiger partial charge in [-0.25, -0.2) is 0 Å². The second-order valence-corrected chi connectivity index (χ2v) is 6.67. The fraction of sp³-hybridized carbons (Fsp3) is 0.688. The molecule has 1 fully saturated rings. The molecule has 26 heavy (non-hydrogen) atoms. The molecule has 1 saturated heterocycles. The maximum Gasteiger partial charge on any atom is 0.390 e. The Hall–Kier alpha value is -0.590. The number of aliphatic imine (C=N–C) groups is 1. The Bertz CT molecular complexity index is 522. The number of morpholine rings is 1. The van der Waals surface area contributed by atoms with Gasteiger partial charge in [0.25, 0.3) is 0 Å². The van der Waals surface area contributed by atoms with E-state index in [1.54, 1.807) is 11.3 Å². The van der Waals surface area contributed by atoms with Crippen molar-refractivity contribution in [2.45, 2.75) is 25.6 Å². The van der Waals surface area contributed by atoms with Crippen LogP contribution in [0.5, 0.6) is 0 Å². The number of nitrogens with one attached hydrogen (secondary N) is 2. The summed E-state index contributed by atoms with van der Waals surface area (Å²) in [6.07, 6.45) is -5.05. The molecule has 1 atom stereocenters. The molecule has 0 saturated carbocycles. The lowest BCUT2D eigenvalue weighted by atomic mass is 10.2. The predicted octanol–water partition coefficient (Wildman–Crippen LogP) is 3.25. The van der Waals surface area contributed by atoms with Crippen LogP contribution in [0.3, 0.4) is 0 Å². The first-order valence-electron chi connectivity index (χ1n) is 8.43. The molecule has 1 aliphatic heterocycles. The highest BCUT2D eigenvalue weighted by atomic mass is 127. The number of thiophene rings is 1. The maximum absolute atomic E-state index is 12.3. The van der Waals surface area contributed by atoms with Crippen molar-refractivity contribution in [2.24, 2.45) is 4.99 Å². The molecule has 0 aromatic carbocycles. The summed E-state index contributed by atoms with van der Waals surface area (Å²) in [6, 6.07) is 4.19. The van der Waals surface area contributed by atoms with Crippen molar-refractivity contribution in [3.63, 3.8) is 0 Å². The van der Waals surface area contributed by atoms with E-state index < -0.39 is 12.6 Å². The molecule has 1 aromatic heterocycles. The Morgan fingerprint density at radius 2 is 2.08 bits per heavy atom. The van der Waals surface area contributed by atoms with Gasteiger partial charge >= 0.3 is 6.18 Å². The topological polar surface area (TPSA) is 48.9 Å². The van der Waals surface area contributed by atoms with E-state index in [-0.39, 0.29) is 36.6 Å². The van der Waals surface area contributed by atoms with Crippen molar-refractivity contribution in [1.82, 2.24) is 15.5 Å². The average molecular weight is 506 g/mol. The smallest absolute Gasteiger partial charge is 0.379 e. The Morgan fingerprint density at radius 1 is 1.35 bits per heavy atom. The molecule has 1 aromatic rings. The van der Waals surface area contributed by atoms with Gasteiger partial charge in [0.05, 0.1) is 32.2 Å². The highest BCUT2D eigenvalue weighted by Crippen LogP contribution is 2.26. The Balaban J connectivity index is 0.00000338. The molecule has 150 valence electrons. The Kier molecular flexibility index (Phi) is 10.8. The predicted molar refractivity (Wildman–Crippen MR) is 110 cm³/mol. The molecule has 0 radical (unpaired) electrons. The number of guanidine groups is 1. The van der Waals surface area contributed by atoms with Crippen LogP contribution in [0.25, 0.3) is 0 Å². The second-order valence-electron chi connectivity index (χ2n) is 5.69. The lowest BCUT2D eigenvalue weighted by Crippen LogP contribution is -2.42. The average Bonchev–Trinajstić information content (AvgIpc) is 3.09. The van der Waals surface area contributed by atoms with Crippen molar-refractivity contribution >= 4 is 41.3 Å². The van der Waals surface area contributed by atoms with Crippen molar-refractivity contribution in [3.8, 4) is 0 Å². The second kappa shape index (κ2) is 12.0. The van der Waals surface area contributed by atoms with Gasteiger partial charge in [0.1, 0.15) is 0 Å². The molecule has 0 bridgehead atoms. The van der Waals surface area contributed by atoms with Gasteiger partial charge in [0.2, 0.25) is 0 Å². The van der Waals surface area contributed by atoms with Crippen LogP contribution in [0, 0.1) is 0 Å². The normalized spacial score (nSPS) is 17.5. The van der Waals surface area contributed by atoms with Gasteiger partial charge in [-0.05, 0) is 18.4 Å². The molecule has 1 aliphatic rings. The summed E-state index contributed by atoms with van der Waals surface area (Å²) >= 11 is 1.67. The lowest BCUT2D eigenvalue weighted by Gasteiger charge is -2.33. The first-order valence-corrected chi connectivity index (χ1v) is 9.31. The zero-order valence-electron chi connectivity index (χ0n) is 14.7. The number of rotatable bonds is 7. The van der Waals surface area contributed by atoms with Crippen molar-refractivity contribution < 1.29 is 17.9 Å². The standard InChI is InChI=1S/C16H25F3N4OS.HI/c1-2-20-15(21-6-5-16(17,18)19)22-12-13(14-4-3-11-25-14)23-7-9-24-10-8-23;/h3-4,11,13H,2,5-10,12H2,1H3,(H2,20,21,22);1H. The molecular weight excluding hydrogens is 480 g/mol. The fourth-order valence-corrected chi connectivity index (χ4v) is 3.45. The van der Waals surface area contributed by atoms with Gasteiger partial charge in [0, 0.05) is 31.1 Å². The van der Waals surface area contributed by atoms with Crippen LogP contribution in [0.1, 0.15) is 24.3 Å². The van der Waals surface area contributed by atoms with Gasteiger partial charge in [-0.15, -0.1) is 35.3 Å². The van der Waals surface area contributed by atoms with Crippen LogP contribution >= 0.6 is 35.3 Å². The highest BCUT2D eigenvalue weighted by molar-refractivity contribution is 14.0. The molecule has 1 unspecified atom stereocenters. The number of ether oxygens (including phenoxy) is 1. The van der Waals surface area contributed by atoms with E-state index in [4.69, 9.17) is 4.74 Å². The molecule has 2 heterocycles. The van der Waals surface area contributed by atoms with Crippen LogP contribution in [0.15, 0.2) is 22.5 Å². The van der Waals surface area contributed by atoms with E-state index in [1.165, 1.54) is 4.88 Å². The van der Waals surface area contributed by atoms with Gasteiger partial charge in [0.15, 0.2) is 5.96 Å². The third-order valence-electron chi connectivity index (χ3n) is 3.83. The van der Waals surface area contributed by atoms with Crippen LogP contribution in [-0.4, -0.2) is 63.0 Å². The first kappa shape index (κ1) is 23.4. The van der Waals surface area contributed by atoms with Gasteiger partial charge < -0.3 is 15.4 Å². The van der Waals surface area contributed by atoms with Crippen molar-refractivity contribution in [3.05, 3.63) is 22.4 Å². The largest absolute Gasteiger partial charge is 0.390 e. The van der Waals surface area contributed by atoms with Crippen molar-refractivity contribution in [2.75, 3.05) is 45.9 Å². The minimum atomic E-state index is -4.17. The van der Waals surface area contributed by atoms with Crippen LogP contribution in [-0.2, 0) is 4.74 Å². The summed E-state index contributed by atoms with van der Waals surface area (Å²) in [7, 11) is 0. The van der Waals surface area contributed by atoms with Crippen LogP contribution in [0.4, 0.5) is 13.2 Å². The number of nitrogens with zero attached hydrogens (tertiary/aromatic N) is 2. The Morgan fingerprint density at radius 3 is 2.65 bits per heavy atom. The first-order chi connectivity index (χ1) is 12.0. The summed E-state index contributed by atoms with van der Waals surface area (Å²) in [5.74, 6) is 0.418. The van der Waals surface area contributed by atoms with E-state index in [0.29, 0.717) is 32.3 Å². The third kappa shape index (κ3) is 8.40. The van der Waals surface area contributed by atoms with E-state index >= 15 is 0 Å². The summed E-state index contributed by atoms with van der Waals surface area (Å²) in [4.78, 5) is 8.04. The molecule has 2 N–H and O–H groups in total. The van der Waals surface area contributed by atoms with E-state index in [0.717, 1.165) is 13.1 Å². The molecular formula is C16H26F3IN4OS. The summed E-state index contributed by atoms with van der Waals surface area (Å²) in [6.45, 7) is 5.83. The summed E-state index contributed by atoms with van der Waals surface area (Å²) < 4.78 is 42.4. The van der Waals surface area contributed by atoms with Crippen LogP contribution in [0.2, 0.25) is 0 Å². The molecule has 10 heteroatoms. The number of alkyl halides is 3. The van der Waals surface area contributed by atoms with Crippen LogP contribution < -0.4 is 10.6 Å². The zero-order valence-corrected chi connectivity index (χ0v) is 17.9. The zero-order chi connectivity index (χ0) is 18.1. The van der Waals surface area contributed by atoms with Crippen molar-refractivity contribution in [1.29, 1.82) is 0 Å². The van der Waals surface area contributed by atoms with E-state index in [2.05, 4.69) is 26.6 Å². The van der Waals surface area contributed by atoms with Gasteiger partial charge in [-0.1, -0.05) is 6.07 Å². The molecule has 5 nitrogen and oxygen atoms in total. The molecule has 0 amide bonds. The fourth-order valence-electron chi connectivity index (χ4n) is 2.60. The minimum Gasteiger partial charge on any atom is -0.379 e. The number of hydrogen-bond acceptors (Lipinski definition) is 4. The quantitative estimate of drug-likeness (QED) is 0.339. The molecule has 0 aliphatic carbocycles. The number of hydrogen-bond donors (Lipinski definition) is 2. The maximum atomic E-state index is 12.3. The minimum absolute atomic E-state index is 0. The van der Waals surface area contributed by atoms with E-state index in [9.17, 15) is 13.2 Å². The highest BCUT2D eigenvalue weighted by Gasteiger charge is 2.26. The van der Waals surface area contributed by atoms with E-state index in [1.807, 2.05) is 18.4 Å². The monoisotopic (exact) mass is 506 g/mol. The summed E-state index contributed by atoms with van der Waals surface area (Å²) in [5, 5.41) is 7.79. The lowest BCUT2D eigenvalue weighted by molar-refractivity contribution is -0.132. The third-order valence-corrected chi connectivity index (χ3v) is 4.80. The molecule has 0 spiro atoms. The van der Waals surface area contributed by atoms with Gasteiger partial charge in [-0.2, -0.15) is 13.2 Å². The van der Waals surface area contributed by atoms with Gasteiger partial charge in [-0.3, -0.25) is 9.89 Å². The summed E-state index contributed by atoms with van der Waals surface area (Å²) in [5.41, 5.74) is 0. The molecule has 2 rings (SSSR count). The Labute approximate surface area is 173 Å². The SMILES string of the molecule is CCNC(=NCC(c1cccs1)N1CCOCC1)NCCC(F)(F)F.I.